The molecule has 0 atom stereocenters. The fourth-order valence-corrected chi connectivity index (χ4v) is 2.62. The molecule has 0 saturated heterocycles. The van der Waals surface area contributed by atoms with Crippen molar-refractivity contribution in [2.75, 3.05) is 23.7 Å². The Morgan fingerprint density at radius 1 is 1.31 bits per heavy atom. The summed E-state index contributed by atoms with van der Waals surface area (Å²) in [6, 6.07) is 3.52. The molecule has 1 fully saturated rings. The van der Waals surface area contributed by atoms with Crippen molar-refractivity contribution < 1.29 is 0 Å². The predicted molar refractivity (Wildman–Crippen MR) is 71.5 cm³/mol. The molecule has 1 saturated carbocycles. The van der Waals surface area contributed by atoms with E-state index in [1.807, 2.05) is 0 Å². The Kier molecular flexibility index (Phi) is 3.50. The third-order valence-electron chi connectivity index (χ3n) is 2.91. The van der Waals surface area contributed by atoms with Crippen LogP contribution in [0, 0.1) is 5.92 Å². The second kappa shape index (κ2) is 4.72. The molecule has 1 aliphatic carbocycles. The molecule has 0 heterocycles. The van der Waals surface area contributed by atoms with E-state index in [0.717, 1.165) is 24.7 Å². The number of halogens is 2. The van der Waals surface area contributed by atoms with Gasteiger partial charge in [-0.15, -0.1) is 0 Å². The summed E-state index contributed by atoms with van der Waals surface area (Å²) in [5, 5.41) is 1.29. The van der Waals surface area contributed by atoms with Gasteiger partial charge < -0.3 is 10.6 Å². The molecule has 1 aromatic rings. The Labute approximate surface area is 106 Å². The van der Waals surface area contributed by atoms with Gasteiger partial charge in [-0.1, -0.05) is 23.2 Å². The Hall–Kier alpha value is -0.600. The van der Waals surface area contributed by atoms with Crippen LogP contribution >= 0.6 is 23.2 Å². The lowest BCUT2D eigenvalue weighted by Gasteiger charge is -2.25. The second-order valence-electron chi connectivity index (χ2n) is 4.32. The van der Waals surface area contributed by atoms with E-state index in [4.69, 9.17) is 28.9 Å². The van der Waals surface area contributed by atoms with Gasteiger partial charge in [0, 0.05) is 18.8 Å². The minimum Gasteiger partial charge on any atom is -0.399 e. The van der Waals surface area contributed by atoms with E-state index >= 15 is 0 Å². The van der Waals surface area contributed by atoms with Gasteiger partial charge >= 0.3 is 0 Å². The van der Waals surface area contributed by atoms with Crippen molar-refractivity contribution in [2.24, 2.45) is 5.92 Å². The zero-order valence-electron chi connectivity index (χ0n) is 9.34. The molecule has 0 aromatic heterocycles. The Morgan fingerprint density at radius 3 is 2.31 bits per heavy atom. The summed E-state index contributed by atoms with van der Waals surface area (Å²) >= 11 is 12.4. The topological polar surface area (TPSA) is 29.3 Å². The lowest BCUT2D eigenvalue weighted by molar-refractivity contribution is 0.742. The Morgan fingerprint density at radius 2 is 1.88 bits per heavy atom. The SMILES string of the molecule is CCN(CC1CC1)c1c(Cl)cc(N)cc1Cl. The van der Waals surface area contributed by atoms with Gasteiger partial charge in [-0.05, 0) is 37.8 Å². The summed E-state index contributed by atoms with van der Waals surface area (Å²) in [7, 11) is 0. The number of nitrogens with two attached hydrogens (primary N) is 1. The molecule has 2 N–H and O–H groups in total. The molecule has 88 valence electrons. The summed E-state index contributed by atoms with van der Waals surface area (Å²) in [4.78, 5) is 2.24. The number of anilines is 2. The largest absolute Gasteiger partial charge is 0.399 e. The van der Waals surface area contributed by atoms with Crippen LogP contribution < -0.4 is 10.6 Å². The van der Waals surface area contributed by atoms with Gasteiger partial charge in [-0.2, -0.15) is 0 Å². The van der Waals surface area contributed by atoms with E-state index in [-0.39, 0.29) is 0 Å². The van der Waals surface area contributed by atoms with Crippen LogP contribution in [0.3, 0.4) is 0 Å². The van der Waals surface area contributed by atoms with Gasteiger partial charge in [0.05, 0.1) is 15.7 Å². The monoisotopic (exact) mass is 258 g/mol. The first-order valence-corrected chi connectivity index (χ1v) is 6.37. The third-order valence-corrected chi connectivity index (χ3v) is 3.49. The first-order chi connectivity index (χ1) is 7.61. The third kappa shape index (κ3) is 2.55. The van der Waals surface area contributed by atoms with Gasteiger partial charge in [-0.25, -0.2) is 0 Å². The predicted octanol–water partition coefficient (Wildman–Crippen LogP) is 3.81. The van der Waals surface area contributed by atoms with Crippen molar-refractivity contribution in [1.29, 1.82) is 0 Å². The first-order valence-electron chi connectivity index (χ1n) is 5.61. The number of benzene rings is 1. The quantitative estimate of drug-likeness (QED) is 0.833. The van der Waals surface area contributed by atoms with E-state index in [0.29, 0.717) is 15.7 Å². The second-order valence-corrected chi connectivity index (χ2v) is 5.13. The highest BCUT2D eigenvalue weighted by Crippen LogP contribution is 2.38. The molecule has 0 unspecified atom stereocenters. The molecular weight excluding hydrogens is 243 g/mol. The molecule has 2 nitrogen and oxygen atoms in total. The van der Waals surface area contributed by atoms with Crippen molar-refractivity contribution >= 4 is 34.6 Å². The Bertz CT molecular complexity index is 366. The van der Waals surface area contributed by atoms with E-state index in [1.54, 1.807) is 12.1 Å². The van der Waals surface area contributed by atoms with Crippen LogP contribution in [0.4, 0.5) is 11.4 Å². The highest BCUT2D eigenvalue weighted by atomic mass is 35.5. The minimum atomic E-state index is 0.612. The van der Waals surface area contributed by atoms with Crippen LogP contribution in [0.25, 0.3) is 0 Å². The van der Waals surface area contributed by atoms with Gasteiger partial charge in [0.1, 0.15) is 0 Å². The maximum absolute atomic E-state index is 6.21. The zero-order valence-corrected chi connectivity index (χ0v) is 10.9. The van der Waals surface area contributed by atoms with Gasteiger partial charge in [0.2, 0.25) is 0 Å². The summed E-state index contributed by atoms with van der Waals surface area (Å²) in [6.07, 6.45) is 2.64. The molecular formula is C12H16Cl2N2. The first kappa shape index (κ1) is 11.9. The normalized spacial score (nSPS) is 15.2. The lowest BCUT2D eigenvalue weighted by atomic mass is 10.2. The molecule has 4 heteroatoms. The molecule has 0 aliphatic heterocycles. The zero-order chi connectivity index (χ0) is 11.7. The minimum absolute atomic E-state index is 0.612. The summed E-state index contributed by atoms with van der Waals surface area (Å²) < 4.78 is 0. The van der Waals surface area contributed by atoms with Crippen LogP contribution in [0.2, 0.25) is 10.0 Å². The number of nitrogens with zero attached hydrogens (tertiary/aromatic N) is 1. The van der Waals surface area contributed by atoms with Crippen LogP contribution in [0.15, 0.2) is 12.1 Å². The molecule has 1 aromatic carbocycles. The van der Waals surface area contributed by atoms with E-state index in [9.17, 15) is 0 Å². The van der Waals surface area contributed by atoms with Crippen molar-refractivity contribution in [3.8, 4) is 0 Å². The highest BCUT2D eigenvalue weighted by molar-refractivity contribution is 6.39. The number of rotatable bonds is 4. The molecule has 0 amide bonds. The molecule has 0 bridgehead atoms. The number of hydrogen-bond acceptors (Lipinski definition) is 2. The molecule has 0 radical (unpaired) electrons. The number of hydrogen-bond donors (Lipinski definition) is 1. The summed E-state index contributed by atoms with van der Waals surface area (Å²) in [5.41, 5.74) is 7.23. The van der Waals surface area contributed by atoms with E-state index in [1.165, 1.54) is 12.8 Å². The van der Waals surface area contributed by atoms with Crippen LogP contribution in [0.1, 0.15) is 19.8 Å². The standard InChI is InChI=1S/C12H16Cl2N2/c1-2-16(7-8-3-4-8)12-10(13)5-9(15)6-11(12)14/h5-6,8H,2-4,7,15H2,1H3. The van der Waals surface area contributed by atoms with E-state index < -0.39 is 0 Å². The average Bonchev–Trinajstić information content (AvgIpc) is 2.98. The maximum atomic E-state index is 6.21. The van der Waals surface area contributed by atoms with Crippen molar-refractivity contribution in [1.82, 2.24) is 0 Å². The fraction of sp³-hybridized carbons (Fsp3) is 0.500. The fourth-order valence-electron chi connectivity index (χ4n) is 1.88. The molecule has 16 heavy (non-hydrogen) atoms. The van der Waals surface area contributed by atoms with E-state index in [2.05, 4.69) is 11.8 Å². The van der Waals surface area contributed by atoms with Gasteiger partial charge in [0.25, 0.3) is 0 Å². The summed E-state index contributed by atoms with van der Waals surface area (Å²) in [5.74, 6) is 0.810. The smallest absolute Gasteiger partial charge is 0.0746 e. The molecule has 0 spiro atoms. The van der Waals surface area contributed by atoms with Crippen molar-refractivity contribution in [3.05, 3.63) is 22.2 Å². The maximum Gasteiger partial charge on any atom is 0.0746 e. The van der Waals surface area contributed by atoms with Crippen molar-refractivity contribution in [3.63, 3.8) is 0 Å². The average molecular weight is 259 g/mol. The molecule has 1 aliphatic rings. The molecule has 2 rings (SSSR count). The van der Waals surface area contributed by atoms with Crippen LogP contribution in [-0.4, -0.2) is 13.1 Å². The van der Waals surface area contributed by atoms with Crippen LogP contribution in [0.5, 0.6) is 0 Å². The van der Waals surface area contributed by atoms with Gasteiger partial charge in [-0.3, -0.25) is 0 Å². The van der Waals surface area contributed by atoms with Crippen LogP contribution in [-0.2, 0) is 0 Å². The highest BCUT2D eigenvalue weighted by Gasteiger charge is 2.25. The summed E-state index contributed by atoms with van der Waals surface area (Å²) in [6.45, 7) is 4.07. The Balaban J connectivity index is 2.28. The lowest BCUT2D eigenvalue weighted by Crippen LogP contribution is -2.25. The van der Waals surface area contributed by atoms with Crippen molar-refractivity contribution in [2.45, 2.75) is 19.8 Å². The number of nitrogen functional groups attached to an aromatic ring is 1. The van der Waals surface area contributed by atoms with Gasteiger partial charge in [0.15, 0.2) is 0 Å².